The lowest BCUT2D eigenvalue weighted by Gasteiger charge is -2.25. The van der Waals surface area contributed by atoms with Gasteiger partial charge in [0.15, 0.2) is 0 Å². The van der Waals surface area contributed by atoms with Gasteiger partial charge >= 0.3 is 5.97 Å². The summed E-state index contributed by atoms with van der Waals surface area (Å²) in [7, 11) is 0. The number of aliphatic carboxylic acids is 1. The molecule has 2 unspecified atom stereocenters. The van der Waals surface area contributed by atoms with Gasteiger partial charge in [0.2, 0.25) is 0 Å². The zero-order valence-electron chi connectivity index (χ0n) is 9.97. The third-order valence-electron chi connectivity index (χ3n) is 2.90. The summed E-state index contributed by atoms with van der Waals surface area (Å²) in [5.74, 6) is -3.32. The van der Waals surface area contributed by atoms with Gasteiger partial charge in [0, 0.05) is 5.75 Å². The van der Waals surface area contributed by atoms with Gasteiger partial charge in [-0.2, -0.15) is 0 Å². The molecular weight excluding hydrogens is 276 g/mol. The summed E-state index contributed by atoms with van der Waals surface area (Å²) in [6.07, 6.45) is 0. The third-order valence-corrected chi connectivity index (χ3v) is 4.12. The Bertz CT molecular complexity index is 538. The van der Waals surface area contributed by atoms with Crippen molar-refractivity contribution in [2.75, 3.05) is 5.75 Å². The number of nitrogens with zero attached hydrogens (tertiary/aromatic N) is 1. The molecule has 102 valence electrons. The van der Waals surface area contributed by atoms with Gasteiger partial charge in [0.25, 0.3) is 5.91 Å². The van der Waals surface area contributed by atoms with Crippen molar-refractivity contribution < 1.29 is 23.5 Å². The van der Waals surface area contributed by atoms with Gasteiger partial charge in [-0.25, -0.2) is 13.6 Å². The smallest absolute Gasteiger partial charge is 0.327 e. The van der Waals surface area contributed by atoms with E-state index in [9.17, 15) is 18.4 Å². The van der Waals surface area contributed by atoms with E-state index in [-0.39, 0.29) is 5.75 Å². The number of benzene rings is 1. The van der Waals surface area contributed by atoms with E-state index in [0.717, 1.165) is 23.1 Å². The number of halogens is 2. The summed E-state index contributed by atoms with van der Waals surface area (Å²) >= 11 is 1.28. The number of amides is 1. The van der Waals surface area contributed by atoms with Gasteiger partial charge in [-0.1, -0.05) is 0 Å². The summed E-state index contributed by atoms with van der Waals surface area (Å²) in [5, 5.41) is 8.65. The molecule has 1 amide bonds. The van der Waals surface area contributed by atoms with E-state index in [2.05, 4.69) is 0 Å². The van der Waals surface area contributed by atoms with Gasteiger partial charge in [-0.15, -0.1) is 11.8 Å². The first-order chi connectivity index (χ1) is 8.91. The number of hydrogen-bond donors (Lipinski definition) is 1. The van der Waals surface area contributed by atoms with E-state index < -0.39 is 40.5 Å². The molecule has 1 aliphatic heterocycles. The lowest BCUT2D eigenvalue weighted by molar-refractivity contribution is -0.141. The van der Waals surface area contributed by atoms with Crippen molar-refractivity contribution in [1.82, 2.24) is 4.90 Å². The first-order valence-corrected chi connectivity index (χ1v) is 6.59. The Morgan fingerprint density at radius 3 is 2.74 bits per heavy atom. The minimum absolute atomic E-state index is 0.235. The molecule has 1 saturated heterocycles. The average molecular weight is 287 g/mol. The number of carboxylic acids is 1. The minimum atomic E-state index is -1.15. The molecule has 0 radical (unpaired) electrons. The molecule has 1 fully saturated rings. The molecule has 0 spiro atoms. The first kappa shape index (κ1) is 13.8. The largest absolute Gasteiger partial charge is 0.480 e. The number of hydrogen-bond acceptors (Lipinski definition) is 3. The Morgan fingerprint density at radius 2 is 2.11 bits per heavy atom. The molecule has 0 saturated carbocycles. The quantitative estimate of drug-likeness (QED) is 0.903. The number of carbonyl (C=O) groups excluding carboxylic acids is 1. The van der Waals surface area contributed by atoms with E-state index in [1.165, 1.54) is 11.8 Å². The van der Waals surface area contributed by atoms with E-state index in [1.807, 2.05) is 0 Å². The molecule has 1 N–H and O–H groups in total. The SMILES string of the molecule is CC1SCC(C(=O)O)N1C(=O)c1cc(F)ccc1F. The van der Waals surface area contributed by atoms with Crippen molar-refractivity contribution in [2.45, 2.75) is 18.3 Å². The molecule has 1 aromatic carbocycles. The van der Waals surface area contributed by atoms with Crippen molar-refractivity contribution in [2.24, 2.45) is 0 Å². The van der Waals surface area contributed by atoms with Crippen LogP contribution in [0.4, 0.5) is 8.78 Å². The highest BCUT2D eigenvalue weighted by atomic mass is 32.2. The lowest BCUT2D eigenvalue weighted by atomic mass is 10.1. The highest BCUT2D eigenvalue weighted by Crippen LogP contribution is 2.30. The van der Waals surface area contributed by atoms with Gasteiger partial charge < -0.3 is 10.0 Å². The molecule has 1 aliphatic rings. The van der Waals surface area contributed by atoms with Crippen molar-refractivity contribution >= 4 is 23.6 Å². The predicted molar refractivity (Wildman–Crippen MR) is 65.9 cm³/mol. The van der Waals surface area contributed by atoms with Crippen LogP contribution in [0.15, 0.2) is 18.2 Å². The molecule has 2 atom stereocenters. The second-order valence-corrected chi connectivity index (χ2v) is 5.47. The second kappa shape index (κ2) is 5.16. The Morgan fingerprint density at radius 1 is 1.42 bits per heavy atom. The fraction of sp³-hybridized carbons (Fsp3) is 0.333. The van der Waals surface area contributed by atoms with Crippen LogP contribution < -0.4 is 0 Å². The minimum Gasteiger partial charge on any atom is -0.480 e. The molecule has 0 aromatic heterocycles. The zero-order chi connectivity index (χ0) is 14.2. The number of carboxylic acid groups (broad SMARTS) is 1. The van der Waals surface area contributed by atoms with Crippen LogP contribution in [0.3, 0.4) is 0 Å². The topological polar surface area (TPSA) is 57.6 Å². The van der Waals surface area contributed by atoms with E-state index in [0.29, 0.717) is 0 Å². The van der Waals surface area contributed by atoms with Crippen LogP contribution in [0.25, 0.3) is 0 Å². The highest BCUT2D eigenvalue weighted by Gasteiger charge is 2.40. The van der Waals surface area contributed by atoms with Crippen molar-refractivity contribution in [3.8, 4) is 0 Å². The number of thioether (sulfide) groups is 1. The maximum atomic E-state index is 13.6. The summed E-state index contributed by atoms with van der Waals surface area (Å²) in [6, 6.07) is 1.52. The van der Waals surface area contributed by atoms with Gasteiger partial charge in [-0.05, 0) is 25.1 Å². The average Bonchev–Trinajstić information content (AvgIpc) is 2.73. The third kappa shape index (κ3) is 2.56. The standard InChI is InChI=1S/C12H11F2NO3S/c1-6-15(10(5-19-6)12(17)18)11(16)8-4-7(13)2-3-9(8)14/h2-4,6,10H,5H2,1H3,(H,17,18). The van der Waals surface area contributed by atoms with E-state index in [4.69, 9.17) is 5.11 Å². The molecule has 19 heavy (non-hydrogen) atoms. The highest BCUT2D eigenvalue weighted by molar-refractivity contribution is 8.00. The summed E-state index contributed by atoms with van der Waals surface area (Å²) in [6.45, 7) is 1.66. The maximum Gasteiger partial charge on any atom is 0.327 e. The first-order valence-electron chi connectivity index (χ1n) is 5.54. The van der Waals surface area contributed by atoms with Gasteiger partial charge in [-0.3, -0.25) is 4.79 Å². The van der Waals surface area contributed by atoms with Crippen LogP contribution in [0.2, 0.25) is 0 Å². The van der Waals surface area contributed by atoms with Crippen LogP contribution in [0.1, 0.15) is 17.3 Å². The van der Waals surface area contributed by atoms with E-state index in [1.54, 1.807) is 6.92 Å². The Hall–Kier alpha value is -1.63. The fourth-order valence-corrected chi connectivity index (χ4v) is 3.11. The van der Waals surface area contributed by atoms with E-state index >= 15 is 0 Å². The van der Waals surface area contributed by atoms with Crippen LogP contribution >= 0.6 is 11.8 Å². The molecule has 0 bridgehead atoms. The molecule has 4 nitrogen and oxygen atoms in total. The van der Waals surface area contributed by atoms with Crippen LogP contribution in [0.5, 0.6) is 0 Å². The van der Waals surface area contributed by atoms with Crippen molar-refractivity contribution in [3.05, 3.63) is 35.4 Å². The number of rotatable bonds is 2. The maximum absolute atomic E-state index is 13.6. The fourth-order valence-electron chi connectivity index (χ4n) is 1.94. The normalized spacial score (nSPS) is 22.6. The van der Waals surface area contributed by atoms with Crippen molar-refractivity contribution in [1.29, 1.82) is 0 Å². The van der Waals surface area contributed by atoms with Crippen LogP contribution in [-0.2, 0) is 4.79 Å². The molecular formula is C12H11F2NO3S. The Balaban J connectivity index is 2.37. The molecule has 1 aromatic rings. The Kier molecular flexibility index (Phi) is 3.75. The summed E-state index contributed by atoms with van der Waals surface area (Å²) in [5.41, 5.74) is -0.444. The van der Waals surface area contributed by atoms with Crippen LogP contribution in [0, 0.1) is 11.6 Å². The lowest BCUT2D eigenvalue weighted by Crippen LogP contribution is -2.45. The predicted octanol–water partition coefficient (Wildman–Crippen LogP) is 1.95. The molecule has 7 heteroatoms. The second-order valence-electron chi connectivity index (χ2n) is 4.12. The van der Waals surface area contributed by atoms with Crippen LogP contribution in [-0.4, -0.2) is 39.1 Å². The Labute approximate surface area is 112 Å². The summed E-state index contributed by atoms with van der Waals surface area (Å²) < 4.78 is 26.6. The monoisotopic (exact) mass is 287 g/mol. The summed E-state index contributed by atoms with van der Waals surface area (Å²) in [4.78, 5) is 24.3. The molecule has 0 aliphatic carbocycles. The van der Waals surface area contributed by atoms with Gasteiger partial charge in [0.1, 0.15) is 17.7 Å². The molecule has 1 heterocycles. The van der Waals surface area contributed by atoms with Gasteiger partial charge in [0.05, 0.1) is 10.9 Å². The van der Waals surface area contributed by atoms with Crippen molar-refractivity contribution in [3.63, 3.8) is 0 Å². The molecule has 2 rings (SSSR count). The zero-order valence-corrected chi connectivity index (χ0v) is 10.8. The number of carbonyl (C=O) groups is 2.